The largest absolute Gasteiger partial charge is 0.320 e. The number of fused-ring (bicyclic) bond motifs is 1. The first-order chi connectivity index (χ1) is 10.1. The van der Waals surface area contributed by atoms with Gasteiger partial charge in [0.25, 0.3) is 0 Å². The minimum absolute atomic E-state index is 0.309. The van der Waals surface area contributed by atoms with Crippen LogP contribution in [0.5, 0.6) is 0 Å². The molecule has 3 aromatic rings. The van der Waals surface area contributed by atoms with Crippen LogP contribution in [-0.4, -0.2) is 0 Å². The molecule has 0 heterocycles. The van der Waals surface area contributed by atoms with E-state index in [-0.39, 0.29) is 11.6 Å². The molecule has 1 unspecified atom stereocenters. The second-order valence-corrected chi connectivity index (χ2v) is 5.74. The Kier molecular flexibility index (Phi) is 3.74. The second kappa shape index (κ2) is 5.54. The molecule has 0 bridgehead atoms. The summed E-state index contributed by atoms with van der Waals surface area (Å²) in [5.74, 6) is -0.685. The van der Waals surface area contributed by atoms with Crippen molar-refractivity contribution in [3.05, 3.63) is 81.8 Å². The zero-order valence-corrected chi connectivity index (χ0v) is 12.6. The van der Waals surface area contributed by atoms with Gasteiger partial charge in [-0.2, -0.15) is 0 Å². The highest BCUT2D eigenvalue weighted by Gasteiger charge is 2.17. The summed E-state index contributed by atoms with van der Waals surface area (Å²) in [6.07, 6.45) is 0. The Labute approximate surface area is 129 Å². The molecule has 1 atom stereocenters. The van der Waals surface area contributed by atoms with E-state index in [1.54, 1.807) is 36.4 Å². The summed E-state index contributed by atoms with van der Waals surface area (Å²) in [6.45, 7) is 0. The smallest absolute Gasteiger partial charge is 0.131 e. The molecule has 0 aliphatic carbocycles. The number of rotatable bonds is 2. The van der Waals surface area contributed by atoms with Crippen molar-refractivity contribution in [2.75, 3.05) is 0 Å². The van der Waals surface area contributed by atoms with Crippen LogP contribution in [0.2, 0.25) is 0 Å². The molecule has 0 saturated carbocycles. The van der Waals surface area contributed by atoms with Crippen LogP contribution in [0.1, 0.15) is 17.2 Å². The van der Waals surface area contributed by atoms with Crippen molar-refractivity contribution in [3.63, 3.8) is 0 Å². The molecule has 3 aromatic carbocycles. The molecule has 3 rings (SSSR count). The van der Waals surface area contributed by atoms with Gasteiger partial charge in [0.1, 0.15) is 11.6 Å². The summed E-state index contributed by atoms with van der Waals surface area (Å²) >= 11 is 3.32. The molecule has 0 aromatic heterocycles. The van der Waals surface area contributed by atoms with Crippen LogP contribution in [0.15, 0.2) is 59.1 Å². The maximum Gasteiger partial charge on any atom is 0.131 e. The number of hydrogen-bond donors (Lipinski definition) is 1. The van der Waals surface area contributed by atoms with Gasteiger partial charge >= 0.3 is 0 Å². The van der Waals surface area contributed by atoms with Crippen molar-refractivity contribution in [3.8, 4) is 0 Å². The zero-order chi connectivity index (χ0) is 15.0. The van der Waals surface area contributed by atoms with Gasteiger partial charge in [-0.25, -0.2) is 8.78 Å². The zero-order valence-electron chi connectivity index (χ0n) is 11.0. The third-order valence-corrected chi connectivity index (χ3v) is 4.03. The van der Waals surface area contributed by atoms with E-state index in [2.05, 4.69) is 15.9 Å². The Morgan fingerprint density at radius 1 is 0.810 bits per heavy atom. The molecule has 0 aliphatic rings. The molecule has 0 fully saturated rings. The highest BCUT2D eigenvalue weighted by molar-refractivity contribution is 9.10. The van der Waals surface area contributed by atoms with Crippen molar-refractivity contribution in [2.24, 2.45) is 5.73 Å². The molecule has 0 saturated heterocycles. The van der Waals surface area contributed by atoms with Gasteiger partial charge in [-0.1, -0.05) is 46.3 Å². The van der Waals surface area contributed by atoms with E-state index in [9.17, 15) is 8.78 Å². The highest BCUT2D eigenvalue weighted by Crippen LogP contribution is 2.31. The summed E-state index contributed by atoms with van der Waals surface area (Å²) in [5, 5.41) is 1.19. The minimum atomic E-state index is -0.659. The number of nitrogens with two attached hydrogens (primary N) is 1. The average Bonchev–Trinajstić information content (AvgIpc) is 2.50. The summed E-state index contributed by atoms with van der Waals surface area (Å²) < 4.78 is 28.6. The van der Waals surface area contributed by atoms with Crippen LogP contribution in [0, 0.1) is 11.6 Å². The van der Waals surface area contributed by atoms with Crippen LogP contribution in [0.4, 0.5) is 8.78 Å². The lowest BCUT2D eigenvalue weighted by Crippen LogP contribution is -2.14. The lowest BCUT2D eigenvalue weighted by Gasteiger charge is -2.16. The molecule has 2 N–H and O–H groups in total. The van der Waals surface area contributed by atoms with Gasteiger partial charge in [0, 0.05) is 15.4 Å². The first-order valence-corrected chi connectivity index (χ1v) is 7.25. The first-order valence-electron chi connectivity index (χ1n) is 6.45. The third kappa shape index (κ3) is 2.57. The topological polar surface area (TPSA) is 26.0 Å². The van der Waals surface area contributed by atoms with Crippen molar-refractivity contribution in [1.82, 2.24) is 0 Å². The fourth-order valence-electron chi connectivity index (χ4n) is 2.48. The lowest BCUT2D eigenvalue weighted by molar-refractivity contribution is 0.599. The van der Waals surface area contributed by atoms with Crippen molar-refractivity contribution in [2.45, 2.75) is 6.04 Å². The predicted molar refractivity (Wildman–Crippen MR) is 84.0 cm³/mol. The summed E-state index contributed by atoms with van der Waals surface area (Å²) in [7, 11) is 0. The van der Waals surface area contributed by atoms with Crippen LogP contribution in [0.25, 0.3) is 10.8 Å². The average molecular weight is 348 g/mol. The Balaban J connectivity index is 2.20. The third-order valence-electron chi connectivity index (χ3n) is 3.53. The van der Waals surface area contributed by atoms with E-state index in [0.717, 1.165) is 4.47 Å². The van der Waals surface area contributed by atoms with Crippen molar-refractivity contribution < 1.29 is 8.78 Å². The van der Waals surface area contributed by atoms with E-state index in [1.807, 2.05) is 6.07 Å². The Hall–Kier alpha value is -1.78. The quantitative estimate of drug-likeness (QED) is 0.698. The van der Waals surface area contributed by atoms with Gasteiger partial charge in [-0.05, 0) is 35.2 Å². The molecule has 0 aliphatic heterocycles. The Morgan fingerprint density at radius 2 is 1.48 bits per heavy atom. The second-order valence-electron chi connectivity index (χ2n) is 4.83. The fourth-order valence-corrected chi connectivity index (χ4v) is 2.86. The van der Waals surface area contributed by atoms with Crippen molar-refractivity contribution >= 4 is 26.7 Å². The van der Waals surface area contributed by atoms with E-state index in [1.165, 1.54) is 12.1 Å². The SMILES string of the molecule is NC(c1cc(Br)ccc1F)c1ccc(F)c2ccccc12. The number of benzene rings is 3. The van der Waals surface area contributed by atoms with Gasteiger partial charge in [0.05, 0.1) is 6.04 Å². The molecule has 21 heavy (non-hydrogen) atoms. The van der Waals surface area contributed by atoms with Gasteiger partial charge < -0.3 is 5.73 Å². The number of hydrogen-bond acceptors (Lipinski definition) is 1. The highest BCUT2D eigenvalue weighted by atomic mass is 79.9. The normalized spacial score (nSPS) is 12.6. The lowest BCUT2D eigenvalue weighted by atomic mass is 9.94. The fraction of sp³-hybridized carbons (Fsp3) is 0.0588. The van der Waals surface area contributed by atoms with Gasteiger partial charge in [-0.15, -0.1) is 0 Å². The maximum absolute atomic E-state index is 14.0. The van der Waals surface area contributed by atoms with E-state index >= 15 is 0 Å². The molecule has 0 spiro atoms. The van der Waals surface area contributed by atoms with E-state index in [0.29, 0.717) is 21.9 Å². The molecular weight excluding hydrogens is 336 g/mol. The Morgan fingerprint density at radius 3 is 2.24 bits per heavy atom. The first kappa shape index (κ1) is 14.2. The van der Waals surface area contributed by atoms with Crippen LogP contribution < -0.4 is 5.73 Å². The van der Waals surface area contributed by atoms with Gasteiger partial charge in [-0.3, -0.25) is 0 Å². The molecule has 0 amide bonds. The molecule has 106 valence electrons. The molecule has 0 radical (unpaired) electrons. The van der Waals surface area contributed by atoms with E-state index < -0.39 is 6.04 Å². The standard InChI is InChI=1S/C17H12BrF2N/c18-10-5-7-16(20)14(9-10)17(21)13-6-8-15(19)12-4-2-1-3-11(12)13/h1-9,17H,21H2. The van der Waals surface area contributed by atoms with Crippen molar-refractivity contribution in [1.29, 1.82) is 0 Å². The summed E-state index contributed by atoms with van der Waals surface area (Å²) in [5.41, 5.74) is 7.29. The van der Waals surface area contributed by atoms with Crippen LogP contribution in [0.3, 0.4) is 0 Å². The van der Waals surface area contributed by atoms with Gasteiger partial charge in [0.2, 0.25) is 0 Å². The Bertz CT molecular complexity index is 817. The van der Waals surface area contributed by atoms with Gasteiger partial charge in [0.15, 0.2) is 0 Å². The maximum atomic E-state index is 14.0. The predicted octanol–water partition coefficient (Wildman–Crippen LogP) is 4.93. The molecular formula is C17H12BrF2N. The van der Waals surface area contributed by atoms with Crippen LogP contribution >= 0.6 is 15.9 Å². The summed E-state index contributed by atoms with van der Waals surface area (Å²) in [4.78, 5) is 0. The summed E-state index contributed by atoms with van der Waals surface area (Å²) in [6, 6.07) is 14.0. The van der Waals surface area contributed by atoms with Crippen LogP contribution in [-0.2, 0) is 0 Å². The molecule has 1 nitrogen and oxygen atoms in total. The molecule has 4 heteroatoms. The minimum Gasteiger partial charge on any atom is -0.320 e. The van der Waals surface area contributed by atoms with E-state index in [4.69, 9.17) is 5.73 Å². The number of halogens is 3. The monoisotopic (exact) mass is 347 g/mol.